The number of ketones is 2. The van der Waals surface area contributed by atoms with E-state index in [9.17, 15) is 29.6 Å². The van der Waals surface area contributed by atoms with Crippen molar-refractivity contribution in [3.8, 4) is 0 Å². The number of fused-ring (bicyclic) bond motifs is 7. The van der Waals surface area contributed by atoms with Crippen LogP contribution in [0.2, 0.25) is 0 Å². The summed E-state index contributed by atoms with van der Waals surface area (Å²) < 4.78 is 35.4. The van der Waals surface area contributed by atoms with Crippen molar-refractivity contribution in [2.24, 2.45) is 22.7 Å². The number of halogens is 1. The van der Waals surface area contributed by atoms with Crippen LogP contribution in [0.1, 0.15) is 72.6 Å². The average Bonchev–Trinajstić information content (AvgIpc) is 3.29. The third-order valence-corrected chi connectivity index (χ3v) is 10.3. The summed E-state index contributed by atoms with van der Waals surface area (Å²) in [5, 5.41) is 21.0. The fourth-order valence-electron chi connectivity index (χ4n) is 8.55. The summed E-state index contributed by atoms with van der Waals surface area (Å²) in [6.45, 7) is 6.22. The maximum absolute atomic E-state index is 17.5. The van der Waals surface area contributed by atoms with Gasteiger partial charge in [-0.25, -0.2) is 4.39 Å². The highest BCUT2D eigenvalue weighted by atomic mass is 19.1. The molecule has 0 spiro atoms. The van der Waals surface area contributed by atoms with Gasteiger partial charge in [0.05, 0.1) is 18.8 Å². The van der Waals surface area contributed by atoms with Gasteiger partial charge in [0, 0.05) is 29.6 Å². The Hall–Kier alpha value is -2.70. The summed E-state index contributed by atoms with van der Waals surface area (Å²) in [5.74, 6) is -3.47. The molecule has 12 heteroatoms. The molecular formula is C29H38FNO10. The Labute approximate surface area is 237 Å². The van der Waals surface area contributed by atoms with E-state index in [1.807, 2.05) is 13.0 Å². The predicted octanol–water partition coefficient (Wildman–Crippen LogP) is 3.35. The van der Waals surface area contributed by atoms with Crippen LogP contribution in [0.5, 0.6) is 0 Å². The first kappa shape index (κ1) is 29.8. The maximum atomic E-state index is 17.5. The second kappa shape index (κ2) is 9.95. The average molecular weight is 580 g/mol. The molecule has 0 aromatic heterocycles. The number of nitrogens with zero attached hydrogens (tertiary/aromatic N) is 1. The van der Waals surface area contributed by atoms with E-state index in [0.717, 1.165) is 0 Å². The Kier molecular flexibility index (Phi) is 7.22. The van der Waals surface area contributed by atoms with Crippen molar-refractivity contribution >= 4 is 17.5 Å². The molecule has 1 unspecified atom stereocenters. The maximum Gasteiger partial charge on any atom is 0.306 e. The summed E-state index contributed by atoms with van der Waals surface area (Å²) in [6.07, 6.45) is 3.83. The zero-order valence-electron chi connectivity index (χ0n) is 23.9. The highest BCUT2D eigenvalue weighted by molar-refractivity contribution is 5.94. The molecule has 41 heavy (non-hydrogen) atoms. The quantitative estimate of drug-likeness (QED) is 0.142. The van der Waals surface area contributed by atoms with Gasteiger partial charge < -0.3 is 24.2 Å². The van der Waals surface area contributed by atoms with Crippen LogP contribution in [0.25, 0.3) is 0 Å². The molecule has 226 valence electrons. The smallest absolute Gasteiger partial charge is 0.306 e. The fraction of sp³-hybridized carbons (Fsp3) is 0.759. The Morgan fingerprint density at radius 1 is 1.22 bits per heavy atom. The Balaban J connectivity index is 1.39. The lowest BCUT2D eigenvalue weighted by Crippen LogP contribution is -2.69. The van der Waals surface area contributed by atoms with Crippen LogP contribution in [0.4, 0.5) is 4.39 Å². The van der Waals surface area contributed by atoms with Crippen LogP contribution in [0.15, 0.2) is 23.8 Å². The molecule has 8 atom stereocenters. The Morgan fingerprint density at radius 2 is 1.95 bits per heavy atom. The number of unbranched alkanes of at least 4 members (excludes halogenated alkanes) is 1. The van der Waals surface area contributed by atoms with Crippen molar-refractivity contribution in [1.29, 1.82) is 0 Å². The molecule has 5 rings (SSSR count). The van der Waals surface area contributed by atoms with Crippen molar-refractivity contribution in [2.75, 3.05) is 13.2 Å². The van der Waals surface area contributed by atoms with Gasteiger partial charge in [0.1, 0.15) is 0 Å². The number of alkyl halides is 1. The van der Waals surface area contributed by atoms with Crippen molar-refractivity contribution in [3.05, 3.63) is 33.9 Å². The van der Waals surface area contributed by atoms with Crippen molar-refractivity contribution in [2.45, 2.75) is 102 Å². The number of Topliss-reactive ketones (excluding diaryl/α,β-unsaturated/α-hetero) is 1. The molecule has 0 aromatic carbocycles. The summed E-state index contributed by atoms with van der Waals surface area (Å²) >= 11 is 0. The molecule has 5 aliphatic rings. The molecule has 1 aliphatic heterocycles. The number of esters is 1. The minimum atomic E-state index is -2.07. The number of aliphatic hydroxyl groups excluding tert-OH is 1. The lowest BCUT2D eigenvalue weighted by atomic mass is 9.45. The number of rotatable bonds is 9. The lowest BCUT2D eigenvalue weighted by molar-refractivity contribution is -0.757. The first-order valence-electron chi connectivity index (χ1n) is 14.2. The van der Waals surface area contributed by atoms with Gasteiger partial charge in [-0.05, 0) is 64.9 Å². The summed E-state index contributed by atoms with van der Waals surface area (Å²) in [7, 11) is 0. The Morgan fingerprint density at radius 3 is 2.66 bits per heavy atom. The third-order valence-electron chi connectivity index (χ3n) is 10.3. The predicted molar refractivity (Wildman–Crippen MR) is 139 cm³/mol. The molecule has 1 saturated heterocycles. The molecule has 0 radical (unpaired) electrons. The minimum Gasteiger partial charge on any atom is -0.458 e. The Bertz CT molecular complexity index is 1220. The standard InChI is InChI=1S/C29H38FNO10/c1-25(2)40-23-14-20-19-9-8-17-13-18(32)10-11-26(17,3)28(19,30)21(33)15-27(20,4)29(23,41-25)22(34)16-38-24(35)7-5-6-12-39-31(36)37/h8,10-11,19-21,23,33H,5-7,9,12-16H2,1-4H3/t19?,20-,21-,23+,26-,27-,28-,29+/m0/s1. The third kappa shape index (κ3) is 4.36. The molecule has 1 N–H and O–H groups in total. The fourth-order valence-corrected chi connectivity index (χ4v) is 8.55. The van der Waals surface area contributed by atoms with E-state index in [-0.39, 0.29) is 44.5 Å². The highest BCUT2D eigenvalue weighted by Crippen LogP contribution is 2.71. The first-order valence-corrected chi connectivity index (χ1v) is 14.2. The minimum absolute atomic E-state index is 0.0536. The van der Waals surface area contributed by atoms with Gasteiger partial charge in [-0.3, -0.25) is 14.4 Å². The molecule has 0 amide bonds. The van der Waals surface area contributed by atoms with E-state index in [0.29, 0.717) is 18.4 Å². The number of allylic oxidation sites excluding steroid dienone is 4. The van der Waals surface area contributed by atoms with Gasteiger partial charge in [0.15, 0.2) is 29.4 Å². The van der Waals surface area contributed by atoms with E-state index < -0.39 is 75.4 Å². The monoisotopic (exact) mass is 579 g/mol. The molecule has 2 saturated carbocycles. The number of hydrogen-bond donors (Lipinski definition) is 1. The lowest BCUT2D eigenvalue weighted by Gasteiger charge is -2.62. The second-order valence-corrected chi connectivity index (χ2v) is 12.9. The van der Waals surface area contributed by atoms with Gasteiger partial charge in [-0.1, -0.05) is 24.6 Å². The second-order valence-electron chi connectivity index (χ2n) is 12.9. The zero-order valence-corrected chi connectivity index (χ0v) is 23.9. The first-order chi connectivity index (χ1) is 19.1. The van der Waals surface area contributed by atoms with Gasteiger partial charge in [0.25, 0.3) is 5.09 Å². The van der Waals surface area contributed by atoms with Crippen molar-refractivity contribution < 1.29 is 48.0 Å². The number of carbonyl (C=O) groups is 3. The largest absolute Gasteiger partial charge is 0.458 e. The molecule has 4 aliphatic carbocycles. The molecule has 1 heterocycles. The van der Waals surface area contributed by atoms with Crippen LogP contribution in [-0.4, -0.2) is 70.2 Å². The van der Waals surface area contributed by atoms with Gasteiger partial charge in [0.2, 0.25) is 5.78 Å². The SMILES string of the molecule is CC1(C)O[C@@H]2C[C@H]3C4CC=C5CC(=O)C=C[C@]5(C)[C@@]4(F)[C@@H](O)C[C@]3(C)[C@]2(C(=O)COC(=O)CCCCO[N+](=O)[O-])O1. The molecule has 0 aromatic rings. The zero-order chi connectivity index (χ0) is 30.0. The highest BCUT2D eigenvalue weighted by Gasteiger charge is 2.80. The van der Waals surface area contributed by atoms with Gasteiger partial charge >= 0.3 is 5.97 Å². The van der Waals surface area contributed by atoms with Crippen LogP contribution >= 0.6 is 0 Å². The normalized spacial score (nSPS) is 41.9. The van der Waals surface area contributed by atoms with Gasteiger partial charge in [-0.15, -0.1) is 10.1 Å². The summed E-state index contributed by atoms with van der Waals surface area (Å²) in [5.41, 5.74) is -5.18. The molecular weight excluding hydrogens is 541 g/mol. The van der Waals surface area contributed by atoms with Crippen LogP contribution in [0, 0.1) is 32.8 Å². The topological polar surface area (TPSA) is 152 Å². The molecule has 0 bridgehead atoms. The van der Waals surface area contributed by atoms with Gasteiger partial charge in [-0.2, -0.15) is 0 Å². The van der Waals surface area contributed by atoms with Crippen LogP contribution < -0.4 is 0 Å². The van der Waals surface area contributed by atoms with E-state index in [1.54, 1.807) is 26.8 Å². The van der Waals surface area contributed by atoms with Crippen molar-refractivity contribution in [1.82, 2.24) is 0 Å². The van der Waals surface area contributed by atoms with E-state index >= 15 is 4.39 Å². The summed E-state index contributed by atoms with van der Waals surface area (Å²) in [4.78, 5) is 53.0. The molecule has 11 nitrogen and oxygen atoms in total. The van der Waals surface area contributed by atoms with E-state index in [2.05, 4.69) is 4.84 Å². The number of carbonyl (C=O) groups excluding carboxylic acids is 3. The van der Waals surface area contributed by atoms with Crippen LogP contribution in [0.3, 0.4) is 0 Å². The summed E-state index contributed by atoms with van der Waals surface area (Å²) in [6, 6.07) is 0. The number of aliphatic hydroxyl groups is 1. The van der Waals surface area contributed by atoms with E-state index in [4.69, 9.17) is 14.2 Å². The number of ether oxygens (including phenoxy) is 3. The van der Waals surface area contributed by atoms with Crippen LogP contribution in [-0.2, 0) is 33.4 Å². The van der Waals surface area contributed by atoms with Crippen molar-refractivity contribution in [3.63, 3.8) is 0 Å². The van der Waals surface area contributed by atoms with E-state index in [1.165, 1.54) is 6.08 Å². The molecule has 3 fully saturated rings. The number of hydrogen-bond acceptors (Lipinski definition) is 10.